The SMILES string of the molecule is CC1=N[C@@H](NC(=O)Nc2cccc(C)c2)C(=O)N(CC(=O)N(C(C)C)C(C)C)c2c(C)cccc21. The number of fused-ring (bicyclic) bond motifs is 1. The zero-order valence-electron chi connectivity index (χ0n) is 21.5. The van der Waals surface area contributed by atoms with Crippen LogP contribution >= 0.6 is 0 Å². The summed E-state index contributed by atoms with van der Waals surface area (Å²) in [7, 11) is 0. The van der Waals surface area contributed by atoms with Crippen LogP contribution in [-0.4, -0.2) is 53.3 Å². The summed E-state index contributed by atoms with van der Waals surface area (Å²) in [6, 6.07) is 12.5. The van der Waals surface area contributed by atoms with E-state index in [1.807, 2.05) is 77.9 Å². The van der Waals surface area contributed by atoms with Gasteiger partial charge in [-0.15, -0.1) is 0 Å². The van der Waals surface area contributed by atoms with Gasteiger partial charge in [-0.3, -0.25) is 19.5 Å². The van der Waals surface area contributed by atoms with Crippen molar-refractivity contribution in [3.63, 3.8) is 0 Å². The van der Waals surface area contributed by atoms with E-state index in [0.29, 0.717) is 17.1 Å². The van der Waals surface area contributed by atoms with Crippen molar-refractivity contribution >= 4 is 34.9 Å². The molecule has 8 heteroatoms. The second kappa shape index (κ2) is 10.7. The van der Waals surface area contributed by atoms with Gasteiger partial charge in [0.25, 0.3) is 5.91 Å². The van der Waals surface area contributed by atoms with Gasteiger partial charge in [0.05, 0.1) is 5.69 Å². The molecule has 2 N–H and O–H groups in total. The second-order valence-corrected chi connectivity index (χ2v) is 9.47. The standard InChI is InChI=1S/C27H35N5O3/c1-16(2)32(17(3)4)23(33)15-31-24-19(6)11-9-13-22(24)20(7)28-25(26(31)34)30-27(35)29-21-12-8-10-18(5)14-21/h8-14,16-17,25H,15H2,1-7H3,(H2,29,30,35)/t25-/m0/s1. The molecule has 1 aliphatic heterocycles. The summed E-state index contributed by atoms with van der Waals surface area (Å²) in [5.41, 5.74) is 4.47. The first-order valence-corrected chi connectivity index (χ1v) is 11.9. The Labute approximate surface area is 207 Å². The Balaban J connectivity index is 1.94. The van der Waals surface area contributed by atoms with E-state index in [0.717, 1.165) is 16.7 Å². The second-order valence-electron chi connectivity index (χ2n) is 9.47. The highest BCUT2D eigenvalue weighted by Gasteiger charge is 2.35. The van der Waals surface area contributed by atoms with Crippen LogP contribution in [0.15, 0.2) is 47.5 Å². The first-order valence-electron chi connectivity index (χ1n) is 11.9. The molecule has 35 heavy (non-hydrogen) atoms. The zero-order chi connectivity index (χ0) is 25.9. The Morgan fingerprint density at radius 2 is 1.69 bits per heavy atom. The molecule has 1 aliphatic rings. The Morgan fingerprint density at radius 3 is 2.31 bits per heavy atom. The van der Waals surface area contributed by atoms with Crippen molar-refractivity contribution in [2.45, 2.75) is 66.7 Å². The van der Waals surface area contributed by atoms with Gasteiger partial charge in [-0.1, -0.05) is 30.3 Å². The maximum atomic E-state index is 13.8. The van der Waals surface area contributed by atoms with Gasteiger partial charge in [0.1, 0.15) is 6.54 Å². The highest BCUT2D eigenvalue weighted by Crippen LogP contribution is 2.29. The summed E-state index contributed by atoms with van der Waals surface area (Å²) in [6.45, 7) is 13.3. The molecule has 0 radical (unpaired) electrons. The average molecular weight is 478 g/mol. The summed E-state index contributed by atoms with van der Waals surface area (Å²) in [5, 5.41) is 5.44. The van der Waals surface area contributed by atoms with Crippen molar-refractivity contribution < 1.29 is 14.4 Å². The molecule has 0 fully saturated rings. The highest BCUT2D eigenvalue weighted by molar-refractivity contribution is 6.14. The Morgan fingerprint density at radius 1 is 1.03 bits per heavy atom. The normalized spacial score (nSPS) is 15.5. The highest BCUT2D eigenvalue weighted by atomic mass is 16.2. The third-order valence-corrected chi connectivity index (χ3v) is 5.96. The van der Waals surface area contributed by atoms with Crippen molar-refractivity contribution in [2.75, 3.05) is 16.8 Å². The van der Waals surface area contributed by atoms with Crippen molar-refractivity contribution in [3.8, 4) is 0 Å². The van der Waals surface area contributed by atoms with E-state index in [1.165, 1.54) is 4.90 Å². The van der Waals surface area contributed by atoms with E-state index >= 15 is 0 Å². The number of hydrogen-bond donors (Lipinski definition) is 2. The predicted octanol–water partition coefficient (Wildman–Crippen LogP) is 4.25. The van der Waals surface area contributed by atoms with E-state index in [4.69, 9.17) is 0 Å². The molecule has 0 aromatic heterocycles. The van der Waals surface area contributed by atoms with Gasteiger partial charge < -0.3 is 15.5 Å². The number of anilines is 2. The minimum atomic E-state index is -1.18. The summed E-state index contributed by atoms with van der Waals surface area (Å²) >= 11 is 0. The Hall–Kier alpha value is -3.68. The van der Waals surface area contributed by atoms with Gasteiger partial charge >= 0.3 is 6.03 Å². The third kappa shape index (κ3) is 5.88. The molecule has 0 saturated carbocycles. The molecule has 0 aliphatic carbocycles. The van der Waals surface area contributed by atoms with Crippen LogP contribution in [0, 0.1) is 13.8 Å². The number of aliphatic imine (C=N–C) groups is 1. The molecule has 0 spiro atoms. The van der Waals surface area contributed by atoms with E-state index in [-0.39, 0.29) is 24.5 Å². The number of hydrogen-bond acceptors (Lipinski definition) is 4. The largest absolute Gasteiger partial charge is 0.336 e. The smallest absolute Gasteiger partial charge is 0.321 e. The lowest BCUT2D eigenvalue weighted by Crippen LogP contribution is -2.53. The molecule has 186 valence electrons. The lowest BCUT2D eigenvalue weighted by atomic mass is 10.0. The topological polar surface area (TPSA) is 94.1 Å². The number of aryl methyl sites for hydroxylation is 2. The minimum absolute atomic E-state index is 0.0204. The quantitative estimate of drug-likeness (QED) is 0.651. The fraction of sp³-hybridized carbons (Fsp3) is 0.407. The summed E-state index contributed by atoms with van der Waals surface area (Å²) in [4.78, 5) is 47.6. The van der Waals surface area contributed by atoms with Crippen LogP contribution in [0.25, 0.3) is 0 Å². The summed E-state index contributed by atoms with van der Waals surface area (Å²) < 4.78 is 0. The van der Waals surface area contributed by atoms with Crippen LogP contribution in [0.2, 0.25) is 0 Å². The average Bonchev–Trinajstić information content (AvgIpc) is 2.84. The Kier molecular flexibility index (Phi) is 7.94. The van der Waals surface area contributed by atoms with Crippen LogP contribution in [-0.2, 0) is 9.59 Å². The molecule has 1 atom stereocenters. The number of urea groups is 1. The number of rotatable bonds is 6. The van der Waals surface area contributed by atoms with Crippen molar-refractivity contribution in [2.24, 2.45) is 4.99 Å². The molecule has 1 heterocycles. The maximum Gasteiger partial charge on any atom is 0.321 e. The number of amides is 4. The van der Waals surface area contributed by atoms with Crippen LogP contribution in [0.1, 0.15) is 51.3 Å². The van der Waals surface area contributed by atoms with E-state index in [9.17, 15) is 14.4 Å². The van der Waals surface area contributed by atoms with Crippen molar-refractivity contribution in [3.05, 3.63) is 59.2 Å². The van der Waals surface area contributed by atoms with Crippen LogP contribution in [0.5, 0.6) is 0 Å². The number of benzodiazepines with no additional fused rings is 1. The van der Waals surface area contributed by atoms with Gasteiger partial charge in [-0.2, -0.15) is 0 Å². The number of benzene rings is 2. The molecule has 0 unspecified atom stereocenters. The van der Waals surface area contributed by atoms with E-state index in [2.05, 4.69) is 15.6 Å². The molecule has 3 rings (SSSR count). The molecule has 4 amide bonds. The van der Waals surface area contributed by atoms with Crippen molar-refractivity contribution in [1.29, 1.82) is 0 Å². The lowest BCUT2D eigenvalue weighted by molar-refractivity contribution is -0.134. The van der Waals surface area contributed by atoms with Crippen LogP contribution < -0.4 is 15.5 Å². The third-order valence-electron chi connectivity index (χ3n) is 5.96. The summed E-state index contributed by atoms with van der Waals surface area (Å²) in [5.74, 6) is -0.627. The lowest BCUT2D eigenvalue weighted by Gasteiger charge is -2.34. The molecule has 0 bridgehead atoms. The van der Waals surface area contributed by atoms with Crippen LogP contribution in [0.3, 0.4) is 0 Å². The molecular weight excluding hydrogens is 442 g/mol. The van der Waals surface area contributed by atoms with E-state index in [1.54, 1.807) is 17.9 Å². The fourth-order valence-electron chi connectivity index (χ4n) is 4.54. The maximum absolute atomic E-state index is 13.8. The molecule has 8 nitrogen and oxygen atoms in total. The summed E-state index contributed by atoms with van der Waals surface area (Å²) in [6.07, 6.45) is -1.18. The molecule has 0 saturated heterocycles. The first-order chi connectivity index (χ1) is 16.5. The zero-order valence-corrected chi connectivity index (χ0v) is 21.5. The Bertz CT molecular complexity index is 1150. The number of nitrogens with zero attached hydrogens (tertiary/aromatic N) is 3. The number of para-hydroxylation sites is 1. The van der Waals surface area contributed by atoms with Gasteiger partial charge in [-0.25, -0.2) is 4.79 Å². The van der Waals surface area contributed by atoms with Gasteiger partial charge in [0.2, 0.25) is 12.1 Å². The molecule has 2 aromatic carbocycles. The minimum Gasteiger partial charge on any atom is -0.336 e. The van der Waals surface area contributed by atoms with Gasteiger partial charge in [0.15, 0.2) is 0 Å². The first kappa shape index (κ1) is 25.9. The van der Waals surface area contributed by atoms with Crippen LogP contribution in [0.4, 0.5) is 16.2 Å². The number of nitrogens with one attached hydrogen (secondary N) is 2. The fourth-order valence-corrected chi connectivity index (χ4v) is 4.54. The van der Waals surface area contributed by atoms with Gasteiger partial charge in [0, 0.05) is 29.0 Å². The van der Waals surface area contributed by atoms with E-state index < -0.39 is 18.1 Å². The predicted molar refractivity (Wildman–Crippen MR) is 140 cm³/mol. The van der Waals surface area contributed by atoms with Crippen molar-refractivity contribution in [1.82, 2.24) is 10.2 Å². The number of carbonyl (C=O) groups excluding carboxylic acids is 3. The van der Waals surface area contributed by atoms with Gasteiger partial charge in [-0.05, 0) is 71.7 Å². The number of carbonyl (C=O) groups is 3. The molecule has 2 aromatic rings. The monoisotopic (exact) mass is 477 g/mol. The molecular formula is C27H35N5O3.